The monoisotopic (exact) mass is 348 g/mol. The predicted molar refractivity (Wildman–Crippen MR) is 70.5 cm³/mol. The van der Waals surface area contributed by atoms with Crippen LogP contribution in [0.3, 0.4) is 0 Å². The van der Waals surface area contributed by atoms with Gasteiger partial charge >= 0.3 is 0 Å². The molecule has 4 nitrogen and oxygen atoms in total. The standard InChI is InChI=1S/C12H12BrF3N4/c1-3-17-10(11-12(13)18-19-20(11)2)9-7(15)4-6(14)5-8(9)16/h4-5,10,17H,3H2,1-2H3. The van der Waals surface area contributed by atoms with Crippen molar-refractivity contribution in [3.05, 3.63) is 45.4 Å². The summed E-state index contributed by atoms with van der Waals surface area (Å²) in [7, 11) is 1.61. The zero-order valence-corrected chi connectivity index (χ0v) is 12.4. The molecular formula is C12H12BrF3N4. The minimum absolute atomic E-state index is 0.264. The Kier molecular flexibility index (Phi) is 4.44. The molecule has 1 N–H and O–H groups in total. The summed E-state index contributed by atoms with van der Waals surface area (Å²) in [6.07, 6.45) is 0. The summed E-state index contributed by atoms with van der Waals surface area (Å²) in [6, 6.07) is 0.482. The Hall–Kier alpha value is -1.41. The first-order valence-electron chi connectivity index (χ1n) is 5.88. The van der Waals surface area contributed by atoms with Gasteiger partial charge in [-0.15, -0.1) is 5.10 Å². The molecule has 0 aliphatic carbocycles. The van der Waals surface area contributed by atoms with E-state index in [9.17, 15) is 13.2 Å². The van der Waals surface area contributed by atoms with E-state index in [-0.39, 0.29) is 5.56 Å². The first-order chi connectivity index (χ1) is 9.45. The van der Waals surface area contributed by atoms with E-state index in [1.165, 1.54) is 4.68 Å². The summed E-state index contributed by atoms with van der Waals surface area (Å²) in [6.45, 7) is 2.25. The van der Waals surface area contributed by atoms with E-state index >= 15 is 0 Å². The third-order valence-electron chi connectivity index (χ3n) is 2.84. The fraction of sp³-hybridized carbons (Fsp3) is 0.333. The second-order valence-corrected chi connectivity index (χ2v) is 4.91. The molecule has 1 aromatic heterocycles. The van der Waals surface area contributed by atoms with Gasteiger partial charge in [-0.2, -0.15) is 0 Å². The summed E-state index contributed by atoms with van der Waals surface area (Å²) in [4.78, 5) is 0. The van der Waals surface area contributed by atoms with Crippen LogP contribution in [0, 0.1) is 17.5 Å². The molecule has 0 bridgehead atoms. The Labute approximate surface area is 122 Å². The van der Waals surface area contributed by atoms with Crippen LogP contribution in [-0.4, -0.2) is 21.5 Å². The van der Waals surface area contributed by atoms with Crippen LogP contribution in [-0.2, 0) is 7.05 Å². The van der Waals surface area contributed by atoms with Crippen molar-refractivity contribution in [2.45, 2.75) is 13.0 Å². The van der Waals surface area contributed by atoms with Crippen molar-refractivity contribution in [2.24, 2.45) is 7.05 Å². The van der Waals surface area contributed by atoms with Crippen LogP contribution in [0.4, 0.5) is 13.2 Å². The number of aromatic nitrogens is 3. The highest BCUT2D eigenvalue weighted by Gasteiger charge is 2.27. The summed E-state index contributed by atoms with van der Waals surface area (Å²) in [5.74, 6) is -2.87. The second-order valence-electron chi connectivity index (χ2n) is 4.16. The predicted octanol–water partition coefficient (Wildman–Crippen LogP) is 2.69. The number of halogens is 4. The summed E-state index contributed by atoms with van der Waals surface area (Å²) in [5, 5.41) is 10.5. The SMILES string of the molecule is CCNC(c1c(F)cc(F)cc1F)c1c(Br)nnn1C. The molecular weight excluding hydrogens is 337 g/mol. The maximum Gasteiger partial charge on any atom is 0.153 e. The minimum atomic E-state index is -0.957. The lowest BCUT2D eigenvalue weighted by molar-refractivity contribution is 0.478. The first-order valence-corrected chi connectivity index (χ1v) is 6.67. The van der Waals surface area contributed by atoms with Crippen molar-refractivity contribution in [2.75, 3.05) is 6.54 Å². The van der Waals surface area contributed by atoms with Crippen LogP contribution in [0.25, 0.3) is 0 Å². The molecule has 2 aromatic rings. The molecule has 1 heterocycles. The van der Waals surface area contributed by atoms with E-state index in [1.807, 2.05) is 0 Å². The number of aryl methyl sites for hydroxylation is 1. The van der Waals surface area contributed by atoms with Gasteiger partial charge in [0, 0.05) is 24.7 Å². The number of nitrogens with zero attached hydrogens (tertiary/aromatic N) is 3. The Balaban J connectivity index is 2.61. The molecule has 0 spiro atoms. The number of hydrogen-bond acceptors (Lipinski definition) is 3. The molecule has 108 valence electrons. The van der Waals surface area contributed by atoms with E-state index in [0.717, 1.165) is 0 Å². The van der Waals surface area contributed by atoms with E-state index in [2.05, 4.69) is 31.6 Å². The van der Waals surface area contributed by atoms with E-state index < -0.39 is 23.5 Å². The molecule has 0 fully saturated rings. The maximum absolute atomic E-state index is 14.0. The van der Waals surface area contributed by atoms with Gasteiger partial charge in [-0.1, -0.05) is 12.1 Å². The first kappa shape index (κ1) is 15.0. The Morgan fingerprint density at radius 3 is 2.35 bits per heavy atom. The lowest BCUT2D eigenvalue weighted by atomic mass is 10.0. The fourth-order valence-corrected chi connectivity index (χ4v) is 2.57. The van der Waals surface area contributed by atoms with Gasteiger partial charge in [0.05, 0.1) is 11.7 Å². The van der Waals surface area contributed by atoms with Gasteiger partial charge < -0.3 is 5.32 Å². The minimum Gasteiger partial charge on any atom is -0.305 e. The van der Waals surface area contributed by atoms with Gasteiger partial charge in [-0.3, -0.25) is 0 Å². The van der Waals surface area contributed by atoms with Crippen LogP contribution in [0.5, 0.6) is 0 Å². The Morgan fingerprint density at radius 1 is 1.30 bits per heavy atom. The molecule has 0 aliphatic rings. The lowest BCUT2D eigenvalue weighted by Gasteiger charge is -2.20. The van der Waals surface area contributed by atoms with Crippen LogP contribution < -0.4 is 5.32 Å². The number of nitrogens with one attached hydrogen (secondary N) is 1. The van der Waals surface area contributed by atoms with Gasteiger partial charge in [-0.25, -0.2) is 17.9 Å². The van der Waals surface area contributed by atoms with Crippen LogP contribution in [0.1, 0.15) is 24.2 Å². The van der Waals surface area contributed by atoms with Gasteiger partial charge in [-0.05, 0) is 22.5 Å². The molecule has 1 aromatic carbocycles. The number of benzene rings is 1. The molecule has 0 radical (unpaired) electrons. The third-order valence-corrected chi connectivity index (χ3v) is 3.41. The molecule has 8 heteroatoms. The molecule has 1 atom stereocenters. The molecule has 0 saturated carbocycles. The molecule has 0 saturated heterocycles. The zero-order valence-electron chi connectivity index (χ0n) is 10.8. The summed E-state index contributed by atoms with van der Waals surface area (Å²) < 4.78 is 42.7. The van der Waals surface area contributed by atoms with Gasteiger partial charge in [0.2, 0.25) is 0 Å². The Bertz CT molecular complexity index is 587. The Morgan fingerprint density at radius 2 is 1.90 bits per heavy atom. The molecule has 0 aliphatic heterocycles. The molecule has 20 heavy (non-hydrogen) atoms. The van der Waals surface area contributed by atoms with Crippen molar-refractivity contribution in [1.29, 1.82) is 0 Å². The van der Waals surface area contributed by atoms with Crippen LogP contribution >= 0.6 is 15.9 Å². The van der Waals surface area contributed by atoms with Crippen molar-refractivity contribution in [1.82, 2.24) is 20.3 Å². The van der Waals surface area contributed by atoms with Gasteiger partial charge in [0.1, 0.15) is 17.5 Å². The zero-order chi connectivity index (χ0) is 14.9. The number of rotatable bonds is 4. The van der Waals surface area contributed by atoms with Crippen molar-refractivity contribution in [3.63, 3.8) is 0 Å². The normalized spacial score (nSPS) is 12.7. The quantitative estimate of drug-likeness (QED) is 0.923. The molecule has 1 unspecified atom stereocenters. The van der Waals surface area contributed by atoms with Crippen molar-refractivity contribution >= 4 is 15.9 Å². The van der Waals surface area contributed by atoms with Gasteiger partial charge in [0.15, 0.2) is 4.60 Å². The van der Waals surface area contributed by atoms with Crippen molar-refractivity contribution in [3.8, 4) is 0 Å². The third kappa shape index (κ3) is 2.71. The van der Waals surface area contributed by atoms with Crippen LogP contribution in [0.15, 0.2) is 16.7 Å². The highest BCUT2D eigenvalue weighted by molar-refractivity contribution is 9.10. The average Bonchev–Trinajstić information content (AvgIpc) is 2.67. The van der Waals surface area contributed by atoms with Crippen LogP contribution in [0.2, 0.25) is 0 Å². The summed E-state index contributed by atoms with van der Waals surface area (Å²) in [5.41, 5.74) is 0.190. The second kappa shape index (κ2) is 5.92. The average molecular weight is 349 g/mol. The highest BCUT2D eigenvalue weighted by atomic mass is 79.9. The molecule has 0 amide bonds. The number of hydrogen-bond donors (Lipinski definition) is 1. The lowest BCUT2D eigenvalue weighted by Crippen LogP contribution is -2.26. The largest absolute Gasteiger partial charge is 0.305 e. The van der Waals surface area contributed by atoms with Crippen molar-refractivity contribution < 1.29 is 13.2 Å². The van der Waals surface area contributed by atoms with E-state index in [1.54, 1.807) is 14.0 Å². The molecule has 2 rings (SSSR count). The highest BCUT2D eigenvalue weighted by Crippen LogP contribution is 2.30. The van der Waals surface area contributed by atoms with E-state index in [0.29, 0.717) is 29.0 Å². The van der Waals surface area contributed by atoms with E-state index in [4.69, 9.17) is 0 Å². The topological polar surface area (TPSA) is 42.7 Å². The summed E-state index contributed by atoms with van der Waals surface area (Å²) >= 11 is 3.20. The maximum atomic E-state index is 14.0. The smallest absolute Gasteiger partial charge is 0.153 e. The van der Waals surface area contributed by atoms with Gasteiger partial charge in [0.25, 0.3) is 0 Å². The fourth-order valence-electron chi connectivity index (χ4n) is 2.01.